The second-order valence-electron chi connectivity index (χ2n) is 4.41. The van der Waals surface area contributed by atoms with Gasteiger partial charge >= 0.3 is 0 Å². The fraction of sp³-hybridized carbons (Fsp3) is 0.200. The van der Waals surface area contributed by atoms with E-state index in [2.05, 4.69) is 70.5 Å². The second kappa shape index (κ2) is 4.06. The Balaban J connectivity index is 1.79. The summed E-state index contributed by atoms with van der Waals surface area (Å²) in [4.78, 5) is 0. The van der Waals surface area contributed by atoms with Crippen LogP contribution in [0.25, 0.3) is 0 Å². The van der Waals surface area contributed by atoms with Crippen LogP contribution >= 0.6 is 15.9 Å². The maximum Gasteiger partial charge on any atom is 0.0175 e. The summed E-state index contributed by atoms with van der Waals surface area (Å²) in [7, 11) is 0. The summed E-state index contributed by atoms with van der Waals surface area (Å²) in [5, 5.41) is 0. The zero-order chi connectivity index (χ0) is 11.0. The van der Waals surface area contributed by atoms with Crippen molar-refractivity contribution in [1.82, 2.24) is 0 Å². The summed E-state index contributed by atoms with van der Waals surface area (Å²) in [5.41, 5.74) is 2.95. The number of rotatable bonds is 2. The molecule has 0 heterocycles. The van der Waals surface area contributed by atoms with Gasteiger partial charge in [-0.25, -0.2) is 0 Å². The standard InChI is InChI=1S/C15H13Br/c16-13-8-6-12(7-9-13)15-10-14(15)11-4-2-1-3-5-11/h1-9,14-15H,10H2/t14-,15-/m1/s1. The maximum atomic E-state index is 3.48. The molecule has 0 aliphatic heterocycles. The van der Waals surface area contributed by atoms with E-state index < -0.39 is 0 Å². The first-order chi connectivity index (χ1) is 7.84. The highest BCUT2D eigenvalue weighted by atomic mass is 79.9. The van der Waals surface area contributed by atoms with Crippen molar-refractivity contribution in [2.75, 3.05) is 0 Å². The van der Waals surface area contributed by atoms with Crippen LogP contribution in [0.2, 0.25) is 0 Å². The van der Waals surface area contributed by atoms with Gasteiger partial charge in [0.15, 0.2) is 0 Å². The average molecular weight is 273 g/mol. The van der Waals surface area contributed by atoms with Gasteiger partial charge in [-0.3, -0.25) is 0 Å². The molecule has 0 radical (unpaired) electrons. The first-order valence-electron chi connectivity index (χ1n) is 5.65. The van der Waals surface area contributed by atoms with Crippen molar-refractivity contribution in [3.8, 4) is 0 Å². The van der Waals surface area contributed by atoms with E-state index in [9.17, 15) is 0 Å². The molecule has 0 nitrogen and oxygen atoms in total. The Hall–Kier alpha value is -1.08. The number of halogens is 1. The Labute approximate surface area is 104 Å². The second-order valence-corrected chi connectivity index (χ2v) is 5.33. The molecule has 0 spiro atoms. The molecule has 80 valence electrons. The lowest BCUT2D eigenvalue weighted by atomic mass is 10.0. The van der Waals surface area contributed by atoms with Crippen molar-refractivity contribution in [2.24, 2.45) is 0 Å². The van der Waals surface area contributed by atoms with Crippen LogP contribution in [0.5, 0.6) is 0 Å². The smallest absolute Gasteiger partial charge is 0.0175 e. The third-order valence-electron chi connectivity index (χ3n) is 3.32. The molecule has 0 aromatic heterocycles. The fourth-order valence-electron chi connectivity index (χ4n) is 2.34. The van der Waals surface area contributed by atoms with E-state index in [0.29, 0.717) is 0 Å². The van der Waals surface area contributed by atoms with Crippen LogP contribution < -0.4 is 0 Å². The largest absolute Gasteiger partial charge is 0.0622 e. The molecule has 2 aromatic carbocycles. The summed E-state index contributed by atoms with van der Waals surface area (Å²) in [6.45, 7) is 0. The van der Waals surface area contributed by atoms with Gasteiger partial charge in [0.2, 0.25) is 0 Å². The van der Waals surface area contributed by atoms with Gasteiger partial charge in [-0.05, 0) is 41.5 Å². The molecule has 0 saturated heterocycles. The van der Waals surface area contributed by atoms with Gasteiger partial charge in [-0.2, -0.15) is 0 Å². The van der Waals surface area contributed by atoms with Crippen LogP contribution in [-0.4, -0.2) is 0 Å². The van der Waals surface area contributed by atoms with Crippen LogP contribution in [0.4, 0.5) is 0 Å². The molecule has 0 bridgehead atoms. The minimum atomic E-state index is 0.732. The predicted octanol–water partition coefficient (Wildman–Crippen LogP) is 4.72. The van der Waals surface area contributed by atoms with Crippen molar-refractivity contribution in [2.45, 2.75) is 18.3 Å². The molecular formula is C15H13Br. The molecule has 2 atom stereocenters. The maximum absolute atomic E-state index is 3.48. The highest BCUT2D eigenvalue weighted by molar-refractivity contribution is 9.10. The molecule has 0 N–H and O–H groups in total. The minimum Gasteiger partial charge on any atom is -0.0622 e. The minimum absolute atomic E-state index is 0.732. The molecule has 16 heavy (non-hydrogen) atoms. The van der Waals surface area contributed by atoms with Gasteiger partial charge < -0.3 is 0 Å². The third-order valence-corrected chi connectivity index (χ3v) is 3.84. The van der Waals surface area contributed by atoms with Crippen LogP contribution in [0.1, 0.15) is 29.4 Å². The molecule has 1 heteroatoms. The van der Waals surface area contributed by atoms with E-state index in [4.69, 9.17) is 0 Å². The monoisotopic (exact) mass is 272 g/mol. The Morgan fingerprint density at radius 3 is 1.94 bits per heavy atom. The quantitative estimate of drug-likeness (QED) is 0.742. The molecular weight excluding hydrogens is 260 g/mol. The Morgan fingerprint density at radius 2 is 1.31 bits per heavy atom. The molecule has 0 unspecified atom stereocenters. The van der Waals surface area contributed by atoms with Gasteiger partial charge in [-0.15, -0.1) is 0 Å². The predicted molar refractivity (Wildman–Crippen MR) is 70.7 cm³/mol. The van der Waals surface area contributed by atoms with Gasteiger partial charge in [-0.1, -0.05) is 58.4 Å². The number of hydrogen-bond acceptors (Lipinski definition) is 0. The molecule has 1 saturated carbocycles. The third kappa shape index (κ3) is 1.92. The van der Waals surface area contributed by atoms with Crippen LogP contribution in [0.3, 0.4) is 0 Å². The van der Waals surface area contributed by atoms with Gasteiger partial charge in [0.25, 0.3) is 0 Å². The van der Waals surface area contributed by atoms with Crippen molar-refractivity contribution >= 4 is 15.9 Å². The summed E-state index contributed by atoms with van der Waals surface area (Å²) < 4.78 is 1.16. The molecule has 1 fully saturated rings. The highest BCUT2D eigenvalue weighted by Gasteiger charge is 2.38. The van der Waals surface area contributed by atoms with Crippen LogP contribution in [0, 0.1) is 0 Å². The summed E-state index contributed by atoms with van der Waals surface area (Å²) >= 11 is 3.48. The number of benzene rings is 2. The van der Waals surface area contributed by atoms with E-state index in [1.165, 1.54) is 17.5 Å². The van der Waals surface area contributed by atoms with Crippen molar-refractivity contribution in [3.05, 3.63) is 70.2 Å². The zero-order valence-electron chi connectivity index (χ0n) is 8.94. The zero-order valence-corrected chi connectivity index (χ0v) is 10.5. The SMILES string of the molecule is Brc1ccc([C@H]2C[C@@H]2c2ccccc2)cc1. The average Bonchev–Trinajstić information content (AvgIpc) is 3.11. The molecule has 1 aliphatic carbocycles. The highest BCUT2D eigenvalue weighted by Crippen LogP contribution is 2.54. The molecule has 2 aromatic rings. The first-order valence-corrected chi connectivity index (χ1v) is 6.44. The van der Waals surface area contributed by atoms with Gasteiger partial charge in [0.1, 0.15) is 0 Å². The number of hydrogen-bond donors (Lipinski definition) is 0. The van der Waals surface area contributed by atoms with E-state index >= 15 is 0 Å². The van der Waals surface area contributed by atoms with Crippen molar-refractivity contribution in [3.63, 3.8) is 0 Å². The van der Waals surface area contributed by atoms with E-state index in [1.54, 1.807) is 0 Å². The van der Waals surface area contributed by atoms with Gasteiger partial charge in [0, 0.05) is 4.47 Å². The fourth-order valence-corrected chi connectivity index (χ4v) is 2.61. The summed E-state index contributed by atoms with van der Waals surface area (Å²) in [6.07, 6.45) is 1.30. The lowest BCUT2D eigenvalue weighted by molar-refractivity contribution is 1.03. The molecule has 1 aliphatic rings. The summed E-state index contributed by atoms with van der Waals surface area (Å²) in [6, 6.07) is 19.6. The van der Waals surface area contributed by atoms with Crippen molar-refractivity contribution < 1.29 is 0 Å². The normalized spacial score (nSPS) is 23.1. The Kier molecular flexibility index (Phi) is 2.56. The van der Waals surface area contributed by atoms with E-state index in [1.807, 2.05) is 0 Å². The van der Waals surface area contributed by atoms with Gasteiger partial charge in [0.05, 0.1) is 0 Å². The van der Waals surface area contributed by atoms with E-state index in [0.717, 1.165) is 16.3 Å². The van der Waals surface area contributed by atoms with Crippen molar-refractivity contribution in [1.29, 1.82) is 0 Å². The lowest BCUT2D eigenvalue weighted by Gasteiger charge is -2.01. The Bertz CT molecular complexity index is 473. The van der Waals surface area contributed by atoms with Crippen LogP contribution in [0.15, 0.2) is 59.1 Å². The topological polar surface area (TPSA) is 0 Å². The van der Waals surface area contributed by atoms with E-state index in [-0.39, 0.29) is 0 Å². The summed E-state index contributed by atoms with van der Waals surface area (Å²) in [5.74, 6) is 1.47. The molecule has 0 amide bonds. The molecule has 3 rings (SSSR count). The lowest BCUT2D eigenvalue weighted by Crippen LogP contribution is -1.83. The Morgan fingerprint density at radius 1 is 0.750 bits per heavy atom. The van der Waals surface area contributed by atoms with Crippen LogP contribution in [-0.2, 0) is 0 Å². The first kappa shape index (κ1) is 10.1.